The Morgan fingerprint density at radius 1 is 1.05 bits per heavy atom. The Morgan fingerprint density at radius 2 is 1.77 bits per heavy atom. The number of anilines is 1. The van der Waals surface area contributed by atoms with Gasteiger partial charge >= 0.3 is 6.09 Å². The number of aromatic nitrogens is 5. The molecule has 2 N–H and O–H groups in total. The van der Waals surface area contributed by atoms with Crippen LogP contribution in [0.4, 0.5) is 15.0 Å². The van der Waals surface area contributed by atoms with Crippen LogP contribution in [-0.2, 0) is 17.8 Å². The van der Waals surface area contributed by atoms with Crippen LogP contribution in [-0.4, -0.2) is 71.2 Å². The standard InChI is InChI=1S/C29H33FN8O2/c1-17-33-25(31)24-27(34-17)38(26(35-24)20-9-21(30)12-32-11-20)14-19-7-5-18(6-8-19)13-36-15-23-10-22(36)16-37(23)28(39)40-29(2,3)4/h5-9,11-12,22-23H,10,13-16H2,1-4H3,(H2,31,33,34)/t22-,23-/m0/s1. The Balaban J connectivity index is 1.19. The Labute approximate surface area is 232 Å². The number of fused-ring (bicyclic) bond motifs is 3. The van der Waals surface area contributed by atoms with Gasteiger partial charge in [-0.25, -0.2) is 24.1 Å². The number of piperazine rings is 1. The molecule has 0 spiro atoms. The fourth-order valence-electron chi connectivity index (χ4n) is 5.69. The van der Waals surface area contributed by atoms with Crippen LogP contribution in [0, 0.1) is 12.7 Å². The van der Waals surface area contributed by atoms with Crippen molar-refractivity contribution >= 4 is 23.1 Å². The summed E-state index contributed by atoms with van der Waals surface area (Å²) in [4.78, 5) is 34.4. The van der Waals surface area contributed by atoms with Crippen LogP contribution >= 0.6 is 0 Å². The smallest absolute Gasteiger partial charge is 0.410 e. The highest BCUT2D eigenvalue weighted by Gasteiger charge is 2.46. The summed E-state index contributed by atoms with van der Waals surface area (Å²) in [5, 5.41) is 0. The second-order valence-electron chi connectivity index (χ2n) is 11.7. The number of benzene rings is 1. The number of hydrogen-bond acceptors (Lipinski definition) is 8. The third kappa shape index (κ3) is 5.08. The van der Waals surface area contributed by atoms with Crippen molar-refractivity contribution in [2.45, 2.75) is 64.9 Å². The molecule has 40 heavy (non-hydrogen) atoms. The third-order valence-electron chi connectivity index (χ3n) is 7.43. The first-order chi connectivity index (χ1) is 19.0. The van der Waals surface area contributed by atoms with Crippen LogP contribution in [0.15, 0.2) is 42.7 Å². The number of pyridine rings is 1. The van der Waals surface area contributed by atoms with Gasteiger partial charge in [-0.15, -0.1) is 0 Å². The van der Waals surface area contributed by atoms with Gasteiger partial charge in [0.15, 0.2) is 17.0 Å². The highest BCUT2D eigenvalue weighted by molar-refractivity contribution is 5.85. The van der Waals surface area contributed by atoms with E-state index < -0.39 is 11.4 Å². The molecule has 4 aromatic rings. The van der Waals surface area contributed by atoms with Crippen LogP contribution < -0.4 is 5.73 Å². The molecular weight excluding hydrogens is 511 g/mol. The van der Waals surface area contributed by atoms with Gasteiger partial charge in [0.05, 0.1) is 12.7 Å². The molecule has 3 aromatic heterocycles. The van der Waals surface area contributed by atoms with Crippen LogP contribution in [0.25, 0.3) is 22.6 Å². The minimum absolute atomic E-state index is 0.197. The van der Waals surface area contributed by atoms with E-state index in [9.17, 15) is 9.18 Å². The van der Waals surface area contributed by atoms with E-state index >= 15 is 0 Å². The zero-order chi connectivity index (χ0) is 28.2. The van der Waals surface area contributed by atoms with Crippen molar-refractivity contribution in [2.24, 2.45) is 0 Å². The van der Waals surface area contributed by atoms with Gasteiger partial charge in [0.25, 0.3) is 0 Å². The van der Waals surface area contributed by atoms with Gasteiger partial charge in [0.2, 0.25) is 0 Å². The van der Waals surface area contributed by atoms with Gasteiger partial charge in [-0.05, 0) is 51.3 Å². The number of nitrogen functional groups attached to an aromatic ring is 1. The first kappa shape index (κ1) is 26.1. The van der Waals surface area contributed by atoms with Crippen molar-refractivity contribution in [1.82, 2.24) is 34.3 Å². The molecule has 2 atom stereocenters. The van der Waals surface area contributed by atoms with Crippen molar-refractivity contribution < 1.29 is 13.9 Å². The summed E-state index contributed by atoms with van der Waals surface area (Å²) in [6.45, 7) is 10.3. The molecule has 208 valence electrons. The maximum Gasteiger partial charge on any atom is 0.410 e. The average Bonchev–Trinajstić information content (AvgIpc) is 3.58. The van der Waals surface area contributed by atoms with Gasteiger partial charge in [0, 0.05) is 43.5 Å². The Morgan fingerprint density at radius 3 is 2.42 bits per heavy atom. The molecule has 2 fully saturated rings. The highest BCUT2D eigenvalue weighted by Crippen LogP contribution is 2.33. The minimum atomic E-state index is -0.489. The second kappa shape index (κ2) is 9.81. The monoisotopic (exact) mass is 544 g/mol. The minimum Gasteiger partial charge on any atom is -0.444 e. The fourth-order valence-corrected chi connectivity index (χ4v) is 5.69. The van der Waals surface area contributed by atoms with Crippen LogP contribution in [0.5, 0.6) is 0 Å². The molecule has 11 heteroatoms. The zero-order valence-corrected chi connectivity index (χ0v) is 23.1. The Bertz CT molecular complexity index is 1580. The molecule has 0 radical (unpaired) electrons. The first-order valence-corrected chi connectivity index (χ1v) is 13.5. The number of likely N-dealkylation sites (tertiary alicyclic amines) is 2. The number of ether oxygens (including phenoxy) is 1. The summed E-state index contributed by atoms with van der Waals surface area (Å²) in [6.07, 6.45) is 3.50. The SMILES string of the molecule is Cc1nc(N)c2nc(-c3cncc(F)c3)n(Cc3ccc(CN4C[C@@H]5C[C@H]4CN5C(=O)OC(C)(C)C)cc3)c2n1. The first-order valence-electron chi connectivity index (χ1n) is 13.5. The number of imidazole rings is 1. The van der Waals surface area contributed by atoms with Gasteiger partial charge in [-0.1, -0.05) is 24.3 Å². The van der Waals surface area contributed by atoms with E-state index in [1.807, 2.05) is 30.2 Å². The predicted octanol–water partition coefficient (Wildman–Crippen LogP) is 4.16. The topological polar surface area (TPSA) is 115 Å². The number of aryl methyl sites for hydroxylation is 1. The van der Waals surface area contributed by atoms with Crippen molar-refractivity contribution in [3.05, 3.63) is 65.5 Å². The molecule has 0 unspecified atom stereocenters. The molecule has 0 aliphatic carbocycles. The number of halogens is 1. The van der Waals surface area contributed by atoms with E-state index in [-0.39, 0.29) is 18.0 Å². The summed E-state index contributed by atoms with van der Waals surface area (Å²) >= 11 is 0. The summed E-state index contributed by atoms with van der Waals surface area (Å²) in [5.41, 5.74) is 9.53. The van der Waals surface area contributed by atoms with E-state index in [0.29, 0.717) is 47.5 Å². The van der Waals surface area contributed by atoms with Crippen molar-refractivity contribution in [1.29, 1.82) is 0 Å². The molecule has 2 aliphatic rings. The lowest BCUT2D eigenvalue weighted by Gasteiger charge is -2.35. The molecule has 2 saturated heterocycles. The normalized spacial score (nSPS) is 19.1. The lowest BCUT2D eigenvalue weighted by molar-refractivity contribution is 0.0124. The number of nitrogens with two attached hydrogens (primary N) is 1. The number of rotatable bonds is 5. The molecule has 5 heterocycles. The maximum atomic E-state index is 14.0. The largest absolute Gasteiger partial charge is 0.444 e. The molecule has 0 saturated carbocycles. The predicted molar refractivity (Wildman–Crippen MR) is 149 cm³/mol. The Hall–Kier alpha value is -4.12. The van der Waals surface area contributed by atoms with E-state index in [1.165, 1.54) is 11.6 Å². The highest BCUT2D eigenvalue weighted by atomic mass is 19.1. The molecule has 6 rings (SSSR count). The number of carbonyl (C=O) groups excluding carboxylic acids is 1. The maximum absolute atomic E-state index is 14.0. The number of hydrogen-bond donors (Lipinski definition) is 1. The van der Waals surface area contributed by atoms with Gasteiger partial charge < -0.3 is 19.9 Å². The van der Waals surface area contributed by atoms with E-state index in [4.69, 9.17) is 10.5 Å². The van der Waals surface area contributed by atoms with Gasteiger partial charge in [0.1, 0.15) is 23.1 Å². The van der Waals surface area contributed by atoms with Gasteiger partial charge in [-0.2, -0.15) is 0 Å². The number of amides is 1. The molecule has 2 aliphatic heterocycles. The van der Waals surface area contributed by atoms with Gasteiger partial charge in [-0.3, -0.25) is 9.88 Å². The quantitative estimate of drug-likeness (QED) is 0.398. The molecule has 2 bridgehead atoms. The van der Waals surface area contributed by atoms with Crippen molar-refractivity contribution in [3.63, 3.8) is 0 Å². The average molecular weight is 545 g/mol. The second-order valence-corrected chi connectivity index (χ2v) is 11.7. The lowest BCUT2D eigenvalue weighted by atomic mass is 10.1. The number of nitrogens with zero attached hydrogens (tertiary/aromatic N) is 7. The Kier molecular flexibility index (Phi) is 6.41. The molecule has 10 nitrogen and oxygen atoms in total. The molecule has 1 aromatic carbocycles. The summed E-state index contributed by atoms with van der Waals surface area (Å²) < 4.78 is 21.5. The van der Waals surface area contributed by atoms with E-state index in [1.54, 1.807) is 13.1 Å². The van der Waals surface area contributed by atoms with E-state index in [0.717, 1.165) is 31.3 Å². The summed E-state index contributed by atoms with van der Waals surface area (Å²) in [7, 11) is 0. The fraction of sp³-hybridized carbons (Fsp3) is 0.414. The van der Waals surface area contributed by atoms with Crippen molar-refractivity contribution in [2.75, 3.05) is 18.8 Å². The summed E-state index contributed by atoms with van der Waals surface area (Å²) in [5.74, 6) is 0.906. The zero-order valence-electron chi connectivity index (χ0n) is 23.1. The molecular formula is C29H33FN8O2. The lowest BCUT2D eigenvalue weighted by Crippen LogP contribution is -2.49. The van der Waals surface area contributed by atoms with Crippen LogP contribution in [0.1, 0.15) is 44.1 Å². The summed E-state index contributed by atoms with van der Waals surface area (Å²) in [6, 6.07) is 10.4. The molecule has 1 amide bonds. The third-order valence-corrected chi connectivity index (χ3v) is 7.43. The van der Waals surface area contributed by atoms with E-state index in [2.05, 4.69) is 49.1 Å². The van der Waals surface area contributed by atoms with Crippen LogP contribution in [0.2, 0.25) is 0 Å². The number of carbonyl (C=O) groups is 1. The van der Waals surface area contributed by atoms with Crippen LogP contribution in [0.3, 0.4) is 0 Å². The van der Waals surface area contributed by atoms with Crippen molar-refractivity contribution in [3.8, 4) is 11.4 Å².